The summed E-state index contributed by atoms with van der Waals surface area (Å²) in [5, 5.41) is 9.40. The first-order valence-electron chi connectivity index (χ1n) is 10.7. The highest BCUT2D eigenvalue weighted by atomic mass is 19.4. The molecule has 0 radical (unpaired) electrons. The number of alkyl halides is 3. The molecule has 0 unspecified atom stereocenters. The Hall–Kier alpha value is -5.00. The summed E-state index contributed by atoms with van der Waals surface area (Å²) in [6, 6.07) is 20.9. The van der Waals surface area contributed by atoms with E-state index in [0.717, 1.165) is 12.1 Å². The third-order valence-electron chi connectivity index (χ3n) is 4.77. The van der Waals surface area contributed by atoms with Crippen molar-refractivity contribution in [2.45, 2.75) is 6.36 Å². The Kier molecular flexibility index (Phi) is 7.28. The van der Waals surface area contributed by atoms with Gasteiger partial charge in [0, 0.05) is 11.8 Å². The lowest BCUT2D eigenvalue weighted by molar-refractivity contribution is -0.274. The molecule has 1 aromatic heterocycles. The van der Waals surface area contributed by atoms with E-state index < -0.39 is 24.1 Å². The summed E-state index contributed by atoms with van der Waals surface area (Å²) in [6.07, 6.45) is -4.82. The molecule has 0 aliphatic heterocycles. The van der Waals surface area contributed by atoms with Crippen LogP contribution in [0.3, 0.4) is 0 Å². The topological polar surface area (TPSA) is 104 Å². The molecule has 12 heteroatoms. The zero-order valence-electron chi connectivity index (χ0n) is 19.2. The van der Waals surface area contributed by atoms with Crippen molar-refractivity contribution in [2.75, 3.05) is 17.7 Å². The first-order chi connectivity index (χ1) is 17.7. The number of esters is 1. The van der Waals surface area contributed by atoms with E-state index in [9.17, 15) is 22.8 Å². The highest BCUT2D eigenvalue weighted by molar-refractivity contribution is 6.00. The van der Waals surface area contributed by atoms with E-state index in [1.165, 1.54) is 30.0 Å². The van der Waals surface area contributed by atoms with Gasteiger partial charge in [0.1, 0.15) is 5.75 Å². The molecule has 0 atom stereocenters. The van der Waals surface area contributed by atoms with Crippen molar-refractivity contribution in [3.8, 4) is 23.1 Å². The van der Waals surface area contributed by atoms with Gasteiger partial charge in [0.05, 0.1) is 18.5 Å². The Balaban J connectivity index is 1.52. The number of hydrogen-bond donors (Lipinski definition) is 2. The number of rotatable bonds is 7. The fourth-order valence-corrected chi connectivity index (χ4v) is 3.19. The number of anilines is 2. The molecule has 190 valence electrons. The van der Waals surface area contributed by atoms with Crippen LogP contribution in [0, 0.1) is 0 Å². The number of methoxy groups -OCH3 is 1. The van der Waals surface area contributed by atoms with E-state index in [4.69, 9.17) is 9.47 Å². The van der Waals surface area contributed by atoms with Crippen LogP contribution in [-0.4, -0.2) is 35.3 Å². The molecule has 0 spiro atoms. The minimum absolute atomic E-state index is 0.0162. The number of urea groups is 1. The van der Waals surface area contributed by atoms with Gasteiger partial charge in [-0.15, -0.1) is 13.2 Å². The lowest BCUT2D eigenvalue weighted by Gasteiger charge is -2.14. The predicted molar refractivity (Wildman–Crippen MR) is 127 cm³/mol. The van der Waals surface area contributed by atoms with Crippen LogP contribution in [0.15, 0.2) is 84.9 Å². The van der Waals surface area contributed by atoms with Gasteiger partial charge in [-0.05, 0) is 48.5 Å². The van der Waals surface area contributed by atoms with Gasteiger partial charge >= 0.3 is 18.4 Å². The van der Waals surface area contributed by atoms with Crippen molar-refractivity contribution in [2.24, 2.45) is 0 Å². The maximum atomic E-state index is 12.6. The van der Waals surface area contributed by atoms with Crippen LogP contribution in [0.2, 0.25) is 0 Å². The largest absolute Gasteiger partial charge is 0.573 e. The van der Waals surface area contributed by atoms with E-state index in [-0.39, 0.29) is 28.7 Å². The number of ether oxygens (including phenoxy) is 3. The summed E-state index contributed by atoms with van der Waals surface area (Å²) in [5.74, 6) is -0.655. The van der Waals surface area contributed by atoms with Gasteiger partial charge in [-0.1, -0.05) is 30.3 Å². The van der Waals surface area contributed by atoms with E-state index in [1.54, 1.807) is 48.5 Å². The van der Waals surface area contributed by atoms with E-state index in [1.807, 2.05) is 6.07 Å². The van der Waals surface area contributed by atoms with E-state index >= 15 is 0 Å². The third kappa shape index (κ3) is 6.57. The zero-order valence-corrected chi connectivity index (χ0v) is 19.2. The molecule has 37 heavy (non-hydrogen) atoms. The highest BCUT2D eigenvalue weighted by Gasteiger charge is 2.31. The number of hydrogen-bond acceptors (Lipinski definition) is 6. The fraction of sp³-hybridized carbons (Fsp3) is 0.0800. The molecule has 0 saturated carbocycles. The van der Waals surface area contributed by atoms with Crippen LogP contribution in [0.25, 0.3) is 5.69 Å². The average Bonchev–Trinajstić information content (AvgIpc) is 3.29. The average molecular weight is 512 g/mol. The van der Waals surface area contributed by atoms with Gasteiger partial charge in [0.2, 0.25) is 5.88 Å². The number of aromatic nitrogens is 2. The number of nitrogens with one attached hydrogen (secondary N) is 2. The monoisotopic (exact) mass is 512 g/mol. The Bertz CT molecular complexity index is 1390. The summed E-state index contributed by atoms with van der Waals surface area (Å²) >= 11 is 0. The summed E-state index contributed by atoms with van der Waals surface area (Å²) in [7, 11) is 1.24. The first-order valence-corrected chi connectivity index (χ1v) is 10.7. The van der Waals surface area contributed by atoms with Crippen molar-refractivity contribution in [1.82, 2.24) is 9.78 Å². The van der Waals surface area contributed by atoms with Crippen LogP contribution in [0.5, 0.6) is 17.4 Å². The van der Waals surface area contributed by atoms with Crippen LogP contribution in [0.1, 0.15) is 10.5 Å². The Morgan fingerprint density at radius 2 is 1.57 bits per heavy atom. The van der Waals surface area contributed by atoms with Crippen molar-refractivity contribution >= 4 is 23.4 Å². The SMILES string of the molecule is COC(=O)c1cc(Oc2ccccc2NC(=O)Nc2ccc(OC(F)(F)F)cc2)n(-c2ccccc2)n1. The van der Waals surface area contributed by atoms with Gasteiger partial charge in [-0.25, -0.2) is 9.59 Å². The number of benzene rings is 3. The number of carbonyl (C=O) groups excluding carboxylic acids is 2. The quantitative estimate of drug-likeness (QED) is 0.295. The molecular formula is C25H19F3N4O5. The second kappa shape index (κ2) is 10.7. The van der Waals surface area contributed by atoms with E-state index in [2.05, 4.69) is 20.5 Å². The van der Waals surface area contributed by atoms with E-state index in [0.29, 0.717) is 5.69 Å². The number of nitrogens with zero attached hydrogens (tertiary/aromatic N) is 2. The number of amides is 2. The molecule has 0 aliphatic rings. The molecule has 4 aromatic rings. The molecule has 0 aliphatic carbocycles. The number of halogens is 3. The van der Waals surface area contributed by atoms with Gasteiger partial charge in [-0.2, -0.15) is 9.78 Å². The van der Waals surface area contributed by atoms with Crippen molar-refractivity contribution in [3.63, 3.8) is 0 Å². The molecule has 2 amide bonds. The van der Waals surface area contributed by atoms with Crippen molar-refractivity contribution in [3.05, 3.63) is 90.6 Å². The maximum Gasteiger partial charge on any atom is 0.573 e. The van der Waals surface area contributed by atoms with Gasteiger partial charge in [-0.3, -0.25) is 0 Å². The molecule has 9 nitrogen and oxygen atoms in total. The Labute approximate surface area is 208 Å². The first kappa shape index (κ1) is 25.1. The maximum absolute atomic E-state index is 12.6. The lowest BCUT2D eigenvalue weighted by Crippen LogP contribution is -2.20. The lowest BCUT2D eigenvalue weighted by atomic mass is 10.3. The predicted octanol–water partition coefficient (Wildman–Crippen LogP) is 5.99. The van der Waals surface area contributed by atoms with Crippen molar-refractivity contribution in [1.29, 1.82) is 0 Å². The highest BCUT2D eigenvalue weighted by Crippen LogP contribution is 2.32. The second-order valence-corrected chi connectivity index (χ2v) is 7.36. The van der Waals surface area contributed by atoms with Gasteiger partial charge < -0.3 is 24.8 Å². The van der Waals surface area contributed by atoms with Crippen LogP contribution in [-0.2, 0) is 4.74 Å². The number of para-hydroxylation sites is 3. The van der Waals surface area contributed by atoms with Crippen LogP contribution < -0.4 is 20.1 Å². The van der Waals surface area contributed by atoms with Crippen LogP contribution in [0.4, 0.5) is 29.3 Å². The summed E-state index contributed by atoms with van der Waals surface area (Å²) in [5.41, 5.74) is 1.14. The smallest absolute Gasteiger partial charge is 0.464 e. The minimum Gasteiger partial charge on any atom is -0.464 e. The zero-order chi connectivity index (χ0) is 26.4. The minimum atomic E-state index is -4.82. The molecule has 0 bridgehead atoms. The van der Waals surface area contributed by atoms with Crippen LogP contribution >= 0.6 is 0 Å². The molecule has 3 aromatic carbocycles. The summed E-state index contributed by atoms with van der Waals surface area (Å²) < 4.78 is 53.0. The molecular weight excluding hydrogens is 493 g/mol. The Morgan fingerprint density at radius 3 is 2.24 bits per heavy atom. The standard InChI is InChI=1S/C25H19F3N4O5/c1-35-23(33)20-15-22(32(31-20)17-7-3-2-4-8-17)36-21-10-6-5-9-19(21)30-24(34)29-16-11-13-18(14-12-16)37-25(26,27)28/h2-15H,1H3,(H2,29,30,34). The van der Waals surface area contributed by atoms with Gasteiger partial charge in [0.15, 0.2) is 11.4 Å². The molecule has 4 rings (SSSR count). The summed E-state index contributed by atoms with van der Waals surface area (Å²) in [4.78, 5) is 24.6. The van der Waals surface area contributed by atoms with Gasteiger partial charge in [0.25, 0.3) is 0 Å². The molecule has 0 saturated heterocycles. The third-order valence-corrected chi connectivity index (χ3v) is 4.77. The molecule has 1 heterocycles. The fourth-order valence-electron chi connectivity index (χ4n) is 3.19. The molecule has 0 fully saturated rings. The second-order valence-electron chi connectivity index (χ2n) is 7.36. The number of carbonyl (C=O) groups is 2. The summed E-state index contributed by atoms with van der Waals surface area (Å²) in [6.45, 7) is 0. The van der Waals surface area contributed by atoms with Crippen molar-refractivity contribution < 1.29 is 37.0 Å². The Morgan fingerprint density at radius 1 is 0.892 bits per heavy atom. The normalized spacial score (nSPS) is 10.9. The molecule has 2 N–H and O–H groups in total.